The van der Waals surface area contributed by atoms with Gasteiger partial charge in [-0.05, 0) is 53.2 Å². The van der Waals surface area contributed by atoms with Crippen LogP contribution in [0.5, 0.6) is 0 Å². The molecular formula is C13H21BrCl2N2S. The van der Waals surface area contributed by atoms with Crippen LogP contribution in [0.3, 0.4) is 0 Å². The van der Waals surface area contributed by atoms with Gasteiger partial charge in [0.25, 0.3) is 0 Å². The molecule has 1 N–H and O–H groups in total. The predicted molar refractivity (Wildman–Crippen MR) is 91.2 cm³/mol. The van der Waals surface area contributed by atoms with Gasteiger partial charge in [0.05, 0.1) is 3.79 Å². The van der Waals surface area contributed by atoms with Crippen molar-refractivity contribution in [3.05, 3.63) is 20.3 Å². The molecule has 1 aliphatic carbocycles. The number of halogens is 3. The van der Waals surface area contributed by atoms with Crippen molar-refractivity contribution in [2.75, 3.05) is 26.2 Å². The third-order valence-corrected chi connectivity index (χ3v) is 5.99. The normalized spacial score (nSPS) is 21.4. The van der Waals surface area contributed by atoms with Crippen LogP contribution in [-0.4, -0.2) is 31.1 Å². The van der Waals surface area contributed by atoms with Crippen LogP contribution in [0, 0.1) is 12.8 Å². The SMILES string of the molecule is Cc1cc([C@@H](C2CC2)N2CCNCC2)sc1Br.Cl.Cl. The summed E-state index contributed by atoms with van der Waals surface area (Å²) in [5, 5.41) is 3.45. The van der Waals surface area contributed by atoms with Crippen LogP contribution in [0.25, 0.3) is 0 Å². The lowest BCUT2D eigenvalue weighted by Gasteiger charge is -2.34. The molecule has 1 atom stereocenters. The largest absolute Gasteiger partial charge is 0.314 e. The Hall–Kier alpha value is 0.680. The van der Waals surface area contributed by atoms with E-state index in [1.165, 1.54) is 35.3 Å². The fourth-order valence-electron chi connectivity index (χ4n) is 2.71. The lowest BCUT2D eigenvalue weighted by molar-refractivity contribution is 0.158. The monoisotopic (exact) mass is 386 g/mol. The maximum atomic E-state index is 3.67. The highest BCUT2D eigenvalue weighted by Gasteiger charge is 2.37. The third kappa shape index (κ3) is 4.08. The first-order valence-corrected chi connectivity index (χ1v) is 8.07. The van der Waals surface area contributed by atoms with Crippen molar-refractivity contribution in [3.8, 4) is 0 Å². The summed E-state index contributed by atoms with van der Waals surface area (Å²) >= 11 is 5.60. The first-order valence-electron chi connectivity index (χ1n) is 6.46. The first kappa shape index (κ1) is 17.7. The van der Waals surface area contributed by atoms with Crippen molar-refractivity contribution in [2.45, 2.75) is 25.8 Å². The molecule has 19 heavy (non-hydrogen) atoms. The quantitative estimate of drug-likeness (QED) is 0.842. The van der Waals surface area contributed by atoms with Gasteiger partial charge < -0.3 is 5.32 Å². The van der Waals surface area contributed by atoms with E-state index in [1.807, 2.05) is 11.3 Å². The van der Waals surface area contributed by atoms with Gasteiger partial charge in [0.2, 0.25) is 0 Å². The van der Waals surface area contributed by atoms with E-state index in [-0.39, 0.29) is 24.8 Å². The van der Waals surface area contributed by atoms with Gasteiger partial charge in [0.1, 0.15) is 0 Å². The Morgan fingerprint density at radius 2 is 1.95 bits per heavy atom. The van der Waals surface area contributed by atoms with E-state index >= 15 is 0 Å². The summed E-state index contributed by atoms with van der Waals surface area (Å²) in [5.74, 6) is 0.915. The van der Waals surface area contributed by atoms with Crippen molar-refractivity contribution in [1.29, 1.82) is 0 Å². The van der Waals surface area contributed by atoms with Crippen molar-refractivity contribution in [2.24, 2.45) is 5.92 Å². The zero-order valence-electron chi connectivity index (χ0n) is 11.0. The highest BCUT2D eigenvalue weighted by molar-refractivity contribution is 9.11. The molecule has 0 bridgehead atoms. The summed E-state index contributed by atoms with van der Waals surface area (Å²) < 4.78 is 1.31. The highest BCUT2D eigenvalue weighted by Crippen LogP contribution is 2.47. The summed E-state index contributed by atoms with van der Waals surface area (Å²) in [5.41, 5.74) is 1.39. The lowest BCUT2D eigenvalue weighted by atomic mass is 10.1. The van der Waals surface area contributed by atoms with Crippen LogP contribution in [0.4, 0.5) is 0 Å². The molecule has 1 aromatic rings. The Bertz CT molecular complexity index is 384. The molecule has 2 fully saturated rings. The second-order valence-electron chi connectivity index (χ2n) is 5.17. The molecule has 0 unspecified atom stereocenters. The minimum Gasteiger partial charge on any atom is -0.314 e. The Labute approximate surface area is 140 Å². The van der Waals surface area contributed by atoms with Gasteiger partial charge in [-0.1, -0.05) is 0 Å². The van der Waals surface area contributed by atoms with Gasteiger partial charge in [0.15, 0.2) is 0 Å². The number of thiophene rings is 1. The second kappa shape index (κ2) is 7.62. The van der Waals surface area contributed by atoms with Gasteiger partial charge in [-0.25, -0.2) is 0 Å². The van der Waals surface area contributed by atoms with Crippen LogP contribution in [0.15, 0.2) is 9.85 Å². The summed E-state index contributed by atoms with van der Waals surface area (Å²) in [4.78, 5) is 4.25. The maximum Gasteiger partial charge on any atom is 0.0731 e. The van der Waals surface area contributed by atoms with E-state index < -0.39 is 0 Å². The number of rotatable bonds is 3. The molecule has 3 rings (SSSR count). The molecule has 1 aromatic heterocycles. The number of nitrogens with one attached hydrogen (secondary N) is 1. The molecule has 6 heteroatoms. The predicted octanol–water partition coefficient (Wildman–Crippen LogP) is 4.02. The van der Waals surface area contributed by atoms with E-state index in [1.54, 1.807) is 4.88 Å². The van der Waals surface area contributed by atoms with Crippen LogP contribution in [0.2, 0.25) is 0 Å². The smallest absolute Gasteiger partial charge is 0.0731 e. The Morgan fingerprint density at radius 1 is 1.32 bits per heavy atom. The van der Waals surface area contributed by atoms with Crippen LogP contribution in [0.1, 0.15) is 29.3 Å². The molecule has 110 valence electrons. The molecule has 0 spiro atoms. The molecule has 1 saturated heterocycles. The highest BCUT2D eigenvalue weighted by atomic mass is 79.9. The van der Waals surface area contributed by atoms with E-state index in [2.05, 4.69) is 39.1 Å². The minimum atomic E-state index is 0. The van der Waals surface area contributed by atoms with Crippen LogP contribution < -0.4 is 5.32 Å². The standard InChI is InChI=1S/C13H19BrN2S.2ClH/c1-9-8-11(17-13(9)14)12(10-2-3-10)16-6-4-15-5-7-16;;/h8,10,12,15H,2-7H2,1H3;2*1H/t12-;;/m1../s1. The summed E-state index contributed by atoms with van der Waals surface area (Å²) in [7, 11) is 0. The van der Waals surface area contributed by atoms with E-state index in [9.17, 15) is 0 Å². The Morgan fingerprint density at radius 3 is 2.42 bits per heavy atom. The summed E-state index contributed by atoms with van der Waals surface area (Å²) in [6, 6.07) is 3.08. The number of hydrogen-bond acceptors (Lipinski definition) is 3. The molecule has 1 aliphatic heterocycles. The number of piperazine rings is 1. The maximum absolute atomic E-state index is 3.67. The van der Waals surface area contributed by atoms with Crippen molar-refractivity contribution >= 4 is 52.1 Å². The zero-order valence-corrected chi connectivity index (χ0v) is 15.1. The molecule has 2 nitrogen and oxygen atoms in total. The minimum absolute atomic E-state index is 0. The van der Waals surface area contributed by atoms with E-state index in [4.69, 9.17) is 0 Å². The van der Waals surface area contributed by atoms with Crippen LogP contribution >= 0.6 is 52.1 Å². The van der Waals surface area contributed by atoms with E-state index in [0.29, 0.717) is 6.04 Å². The van der Waals surface area contributed by atoms with Crippen LogP contribution in [-0.2, 0) is 0 Å². The first-order chi connectivity index (χ1) is 8.25. The Kier molecular flexibility index (Phi) is 7.11. The van der Waals surface area contributed by atoms with E-state index in [0.717, 1.165) is 19.0 Å². The van der Waals surface area contributed by atoms with Crippen molar-refractivity contribution < 1.29 is 0 Å². The molecule has 0 radical (unpaired) electrons. The lowest BCUT2D eigenvalue weighted by Crippen LogP contribution is -2.45. The topological polar surface area (TPSA) is 15.3 Å². The molecular weight excluding hydrogens is 367 g/mol. The second-order valence-corrected chi connectivity index (χ2v) is 7.58. The van der Waals surface area contributed by atoms with Crippen molar-refractivity contribution in [3.63, 3.8) is 0 Å². The number of hydrogen-bond donors (Lipinski definition) is 1. The molecule has 2 heterocycles. The molecule has 0 amide bonds. The van der Waals surface area contributed by atoms with Gasteiger partial charge in [-0.2, -0.15) is 0 Å². The summed E-state index contributed by atoms with van der Waals surface area (Å²) in [6.07, 6.45) is 2.84. The summed E-state index contributed by atoms with van der Waals surface area (Å²) in [6.45, 7) is 6.90. The fraction of sp³-hybridized carbons (Fsp3) is 0.692. The molecule has 0 aromatic carbocycles. The average Bonchev–Trinajstić information content (AvgIpc) is 3.09. The van der Waals surface area contributed by atoms with Gasteiger partial charge >= 0.3 is 0 Å². The van der Waals surface area contributed by atoms with Gasteiger partial charge in [-0.3, -0.25) is 4.90 Å². The molecule has 1 saturated carbocycles. The average molecular weight is 388 g/mol. The zero-order chi connectivity index (χ0) is 11.8. The third-order valence-electron chi connectivity index (χ3n) is 3.78. The number of aryl methyl sites for hydroxylation is 1. The van der Waals surface area contributed by atoms with Gasteiger partial charge in [-0.15, -0.1) is 36.2 Å². The molecule has 2 aliphatic rings. The Balaban J connectivity index is 0.000000902. The van der Waals surface area contributed by atoms with Gasteiger partial charge in [0, 0.05) is 37.1 Å². The number of nitrogens with zero attached hydrogens (tertiary/aromatic N) is 1. The van der Waals surface area contributed by atoms with Crippen molar-refractivity contribution in [1.82, 2.24) is 10.2 Å². The fourth-order valence-corrected chi connectivity index (χ4v) is 4.51.